The molecule has 1 aromatic carbocycles. The molecule has 3 heterocycles. The van der Waals surface area contributed by atoms with Crippen molar-refractivity contribution >= 4 is 16.9 Å². The molecule has 130 valence electrons. The first-order valence-electron chi connectivity index (χ1n) is 8.54. The standard InChI is InChI=1S/C18H20N4O3/c1-12-10-14(20-25-12)16-8-4-5-9-21(16)17(23)11-22-15-7-3-2-6-13(15)19-18(22)24/h2-3,6-7,10,16H,4-5,8-9,11H2,1H3,(H,19,24). The molecule has 1 aliphatic heterocycles. The zero-order chi connectivity index (χ0) is 17.4. The molecule has 1 saturated heterocycles. The number of aryl methyl sites for hydroxylation is 1. The van der Waals surface area contributed by atoms with Crippen LogP contribution in [0.4, 0.5) is 0 Å². The predicted octanol–water partition coefficient (Wildman–Crippen LogP) is 2.38. The van der Waals surface area contributed by atoms with E-state index in [1.165, 1.54) is 4.57 Å². The fourth-order valence-electron chi connectivity index (χ4n) is 3.57. The number of imidazole rings is 1. The molecule has 0 radical (unpaired) electrons. The summed E-state index contributed by atoms with van der Waals surface area (Å²) in [4.78, 5) is 29.8. The van der Waals surface area contributed by atoms with Crippen LogP contribution in [0.3, 0.4) is 0 Å². The molecule has 25 heavy (non-hydrogen) atoms. The summed E-state index contributed by atoms with van der Waals surface area (Å²) in [5, 5.41) is 4.09. The van der Waals surface area contributed by atoms with Crippen LogP contribution in [0.1, 0.15) is 36.8 Å². The monoisotopic (exact) mass is 340 g/mol. The van der Waals surface area contributed by atoms with Crippen molar-refractivity contribution in [1.29, 1.82) is 0 Å². The van der Waals surface area contributed by atoms with E-state index in [4.69, 9.17) is 4.52 Å². The summed E-state index contributed by atoms with van der Waals surface area (Å²) in [7, 11) is 0. The van der Waals surface area contributed by atoms with Crippen molar-refractivity contribution in [1.82, 2.24) is 19.6 Å². The molecule has 7 heteroatoms. The number of hydrogen-bond acceptors (Lipinski definition) is 4. The Morgan fingerprint density at radius 2 is 2.20 bits per heavy atom. The number of aromatic amines is 1. The lowest BCUT2D eigenvalue weighted by atomic mass is 9.99. The summed E-state index contributed by atoms with van der Waals surface area (Å²) in [5.74, 6) is 0.665. The molecule has 0 spiro atoms. The van der Waals surface area contributed by atoms with Crippen molar-refractivity contribution in [2.75, 3.05) is 6.54 Å². The van der Waals surface area contributed by atoms with E-state index in [9.17, 15) is 9.59 Å². The van der Waals surface area contributed by atoms with Gasteiger partial charge in [0, 0.05) is 12.6 Å². The summed E-state index contributed by atoms with van der Waals surface area (Å²) in [5.41, 5.74) is 2.01. The maximum absolute atomic E-state index is 12.9. The van der Waals surface area contributed by atoms with Gasteiger partial charge in [-0.2, -0.15) is 0 Å². The van der Waals surface area contributed by atoms with Gasteiger partial charge >= 0.3 is 5.69 Å². The Hall–Kier alpha value is -2.83. The molecule has 0 bridgehead atoms. The van der Waals surface area contributed by atoms with Crippen molar-refractivity contribution in [2.24, 2.45) is 0 Å². The number of nitrogens with zero attached hydrogens (tertiary/aromatic N) is 3. The van der Waals surface area contributed by atoms with Crippen LogP contribution in [0.15, 0.2) is 39.6 Å². The van der Waals surface area contributed by atoms with Gasteiger partial charge < -0.3 is 14.4 Å². The third-order valence-electron chi connectivity index (χ3n) is 4.79. The summed E-state index contributed by atoms with van der Waals surface area (Å²) in [6.07, 6.45) is 2.87. The van der Waals surface area contributed by atoms with Gasteiger partial charge in [0.2, 0.25) is 5.91 Å². The first kappa shape index (κ1) is 15.7. The number of hydrogen-bond donors (Lipinski definition) is 1. The number of likely N-dealkylation sites (tertiary alicyclic amines) is 1. The summed E-state index contributed by atoms with van der Waals surface area (Å²) in [6, 6.07) is 9.19. The zero-order valence-electron chi connectivity index (χ0n) is 14.1. The second-order valence-electron chi connectivity index (χ2n) is 6.49. The van der Waals surface area contributed by atoms with E-state index in [2.05, 4.69) is 10.1 Å². The predicted molar refractivity (Wildman–Crippen MR) is 92.1 cm³/mol. The molecule has 4 rings (SSSR count). The number of rotatable bonds is 3. The maximum atomic E-state index is 12.9. The van der Waals surface area contributed by atoms with Crippen molar-refractivity contribution in [3.05, 3.63) is 52.3 Å². The number of fused-ring (bicyclic) bond motifs is 1. The van der Waals surface area contributed by atoms with Crippen LogP contribution in [-0.2, 0) is 11.3 Å². The Balaban J connectivity index is 1.62. The number of carbonyl (C=O) groups excluding carboxylic acids is 1. The van der Waals surface area contributed by atoms with E-state index in [0.29, 0.717) is 6.54 Å². The average Bonchev–Trinajstić information content (AvgIpc) is 3.19. The molecule has 1 amide bonds. The quantitative estimate of drug-likeness (QED) is 0.793. The maximum Gasteiger partial charge on any atom is 0.326 e. The van der Waals surface area contributed by atoms with Gasteiger partial charge in [-0.05, 0) is 38.3 Å². The minimum atomic E-state index is -0.264. The molecule has 3 aromatic rings. The number of nitrogens with one attached hydrogen (secondary N) is 1. The first-order valence-corrected chi connectivity index (χ1v) is 8.54. The van der Waals surface area contributed by atoms with Crippen LogP contribution in [0, 0.1) is 6.92 Å². The van der Waals surface area contributed by atoms with Crippen molar-refractivity contribution in [2.45, 2.75) is 38.8 Å². The third-order valence-corrected chi connectivity index (χ3v) is 4.79. The van der Waals surface area contributed by atoms with Gasteiger partial charge in [-0.3, -0.25) is 9.36 Å². The fourth-order valence-corrected chi connectivity index (χ4v) is 3.57. The Labute approximate surface area is 144 Å². The van der Waals surface area contributed by atoms with Gasteiger partial charge in [-0.1, -0.05) is 17.3 Å². The normalized spacial score (nSPS) is 18.0. The molecule has 1 aliphatic rings. The first-order chi connectivity index (χ1) is 12.1. The average molecular weight is 340 g/mol. The lowest BCUT2D eigenvalue weighted by molar-refractivity contribution is -0.135. The van der Waals surface area contributed by atoms with Crippen molar-refractivity contribution in [3.63, 3.8) is 0 Å². The lowest BCUT2D eigenvalue weighted by Gasteiger charge is -2.34. The second kappa shape index (κ2) is 6.23. The molecular formula is C18H20N4O3. The Morgan fingerprint density at radius 3 is 3.00 bits per heavy atom. The van der Waals surface area contributed by atoms with Crippen LogP contribution in [0.25, 0.3) is 11.0 Å². The molecular weight excluding hydrogens is 320 g/mol. The Bertz CT molecular complexity index is 968. The van der Waals surface area contributed by atoms with Gasteiger partial charge in [-0.25, -0.2) is 4.79 Å². The Morgan fingerprint density at radius 1 is 1.36 bits per heavy atom. The third kappa shape index (κ3) is 2.86. The fraction of sp³-hybridized carbons (Fsp3) is 0.389. The minimum Gasteiger partial charge on any atom is -0.361 e. The van der Waals surface area contributed by atoms with E-state index in [-0.39, 0.29) is 24.2 Å². The second-order valence-corrected chi connectivity index (χ2v) is 6.49. The van der Waals surface area contributed by atoms with E-state index in [0.717, 1.165) is 41.8 Å². The zero-order valence-corrected chi connectivity index (χ0v) is 14.1. The highest BCUT2D eigenvalue weighted by Crippen LogP contribution is 2.30. The summed E-state index contributed by atoms with van der Waals surface area (Å²) in [6.45, 7) is 2.54. The van der Waals surface area contributed by atoms with Crippen LogP contribution >= 0.6 is 0 Å². The summed E-state index contributed by atoms with van der Waals surface area (Å²) < 4.78 is 6.68. The molecule has 7 nitrogen and oxygen atoms in total. The number of amides is 1. The van der Waals surface area contributed by atoms with Crippen molar-refractivity contribution in [3.8, 4) is 0 Å². The number of piperidine rings is 1. The van der Waals surface area contributed by atoms with E-state index in [1.54, 1.807) is 0 Å². The topological polar surface area (TPSA) is 84.1 Å². The van der Waals surface area contributed by atoms with Crippen LogP contribution in [-0.4, -0.2) is 32.1 Å². The summed E-state index contributed by atoms with van der Waals surface area (Å²) >= 11 is 0. The van der Waals surface area contributed by atoms with Gasteiger partial charge in [0.15, 0.2) is 0 Å². The van der Waals surface area contributed by atoms with Crippen LogP contribution in [0.2, 0.25) is 0 Å². The SMILES string of the molecule is Cc1cc(C2CCCCN2C(=O)Cn2c(=O)[nH]c3ccccc32)no1. The van der Waals surface area contributed by atoms with Gasteiger partial charge in [0.05, 0.1) is 17.1 Å². The minimum absolute atomic E-state index is 0.0240. The smallest absolute Gasteiger partial charge is 0.326 e. The van der Waals surface area contributed by atoms with Gasteiger partial charge in [0.1, 0.15) is 18.0 Å². The highest BCUT2D eigenvalue weighted by Gasteiger charge is 2.30. The molecule has 1 fully saturated rings. The van der Waals surface area contributed by atoms with Crippen molar-refractivity contribution < 1.29 is 9.32 Å². The van der Waals surface area contributed by atoms with E-state index < -0.39 is 0 Å². The highest BCUT2D eigenvalue weighted by atomic mass is 16.5. The van der Waals surface area contributed by atoms with Gasteiger partial charge in [0.25, 0.3) is 0 Å². The lowest BCUT2D eigenvalue weighted by Crippen LogP contribution is -2.41. The van der Waals surface area contributed by atoms with Crippen LogP contribution in [0.5, 0.6) is 0 Å². The molecule has 0 aliphatic carbocycles. The molecule has 1 atom stereocenters. The number of para-hydroxylation sites is 2. The number of benzene rings is 1. The molecule has 0 saturated carbocycles. The van der Waals surface area contributed by atoms with Gasteiger partial charge in [-0.15, -0.1) is 0 Å². The molecule has 2 aromatic heterocycles. The highest BCUT2D eigenvalue weighted by molar-refractivity contribution is 5.80. The van der Waals surface area contributed by atoms with Crippen LogP contribution < -0.4 is 5.69 Å². The molecule has 1 unspecified atom stereocenters. The van der Waals surface area contributed by atoms with E-state index in [1.807, 2.05) is 42.2 Å². The Kier molecular flexibility index (Phi) is 3.91. The number of carbonyl (C=O) groups is 1. The number of aromatic nitrogens is 3. The number of H-pyrrole nitrogens is 1. The largest absolute Gasteiger partial charge is 0.361 e. The van der Waals surface area contributed by atoms with E-state index >= 15 is 0 Å². The molecule has 1 N–H and O–H groups in total.